The second-order valence-electron chi connectivity index (χ2n) is 4.13. The van der Waals surface area contributed by atoms with Crippen LogP contribution in [0.25, 0.3) is 0 Å². The van der Waals surface area contributed by atoms with E-state index in [0.29, 0.717) is 21.6 Å². The second kappa shape index (κ2) is 8.16. The molecule has 12 N–H and O–H groups in total. The summed E-state index contributed by atoms with van der Waals surface area (Å²) in [7, 11) is 1.17. The highest BCUT2D eigenvalue weighted by molar-refractivity contribution is 8.78. The normalized spacial score (nSPS) is 11.4. The third-order valence-electron chi connectivity index (χ3n) is 2.63. The average molecular weight is 354 g/mol. The van der Waals surface area contributed by atoms with E-state index < -0.39 is 33.1 Å². The quantitative estimate of drug-likeness (QED) is 0.0724. The van der Waals surface area contributed by atoms with E-state index in [1.807, 2.05) is 0 Å². The van der Waals surface area contributed by atoms with Crippen LogP contribution in [0.15, 0.2) is 0 Å². The van der Waals surface area contributed by atoms with Crippen LogP contribution in [0, 0.1) is 0 Å². The third kappa shape index (κ3) is 3.99. The van der Waals surface area contributed by atoms with Crippen LogP contribution >= 0.6 is 21.6 Å². The molecular weight excluding hydrogens is 336 g/mol. The summed E-state index contributed by atoms with van der Waals surface area (Å²) >= 11 is 0. The predicted molar refractivity (Wildman–Crippen MR) is 81.3 cm³/mol. The molecule has 0 aromatic heterocycles. The number of hydrogen-bond acceptors (Lipinski definition) is 10. The molecule has 0 aliphatic carbocycles. The molecule has 126 valence electrons. The van der Waals surface area contributed by atoms with Gasteiger partial charge in [0, 0.05) is 0 Å². The first-order chi connectivity index (χ1) is 10.1. The van der Waals surface area contributed by atoms with Gasteiger partial charge in [-0.25, -0.2) is 23.4 Å². The van der Waals surface area contributed by atoms with Gasteiger partial charge >= 0.3 is 0 Å². The van der Waals surface area contributed by atoms with Crippen LogP contribution in [-0.2, 0) is 19.2 Å². The number of nitrogens with one attached hydrogen (secondary N) is 4. The summed E-state index contributed by atoms with van der Waals surface area (Å²) in [4.78, 5) is 47.2. The van der Waals surface area contributed by atoms with Gasteiger partial charge in [0.05, 0.1) is 0 Å². The minimum absolute atomic E-state index is 0.583. The van der Waals surface area contributed by atoms with Gasteiger partial charge in [-0.3, -0.25) is 40.9 Å². The Bertz CT molecular complexity index is 399. The number of hydrazine groups is 4. The Morgan fingerprint density at radius 2 is 0.818 bits per heavy atom. The van der Waals surface area contributed by atoms with Gasteiger partial charge in [0.2, 0.25) is 0 Å². The number of carbonyl (C=O) groups is 4. The van der Waals surface area contributed by atoms with E-state index in [0.717, 1.165) is 0 Å². The molecule has 0 aromatic rings. The average Bonchev–Trinajstić information content (AvgIpc) is 2.55. The molecule has 0 rings (SSSR count). The topological polar surface area (TPSA) is 220 Å². The molecule has 0 saturated carbocycles. The Kier molecular flexibility index (Phi) is 7.57. The lowest BCUT2D eigenvalue weighted by molar-refractivity contribution is -0.134. The lowest BCUT2D eigenvalue weighted by Crippen LogP contribution is -2.58. The lowest BCUT2D eigenvalue weighted by atomic mass is 10.1. The third-order valence-corrected chi connectivity index (χ3v) is 6.37. The first-order valence-electron chi connectivity index (χ1n) is 5.55. The van der Waals surface area contributed by atoms with Gasteiger partial charge in [-0.05, 0) is 13.8 Å². The summed E-state index contributed by atoms with van der Waals surface area (Å²) in [6.07, 6.45) is 0. The monoisotopic (exact) mass is 354 g/mol. The number of hydrogen-bond donors (Lipinski definition) is 8. The lowest BCUT2D eigenvalue weighted by Gasteiger charge is -2.29. The predicted octanol–water partition coefficient (Wildman–Crippen LogP) is -4.16. The minimum atomic E-state index is -1.82. The number of nitrogens with two attached hydrogens (primary N) is 4. The van der Waals surface area contributed by atoms with Crippen LogP contribution in [0.4, 0.5) is 0 Å². The molecule has 0 saturated heterocycles. The Morgan fingerprint density at radius 3 is 0.955 bits per heavy atom. The van der Waals surface area contributed by atoms with Crippen LogP contribution in [0.5, 0.6) is 0 Å². The summed E-state index contributed by atoms with van der Waals surface area (Å²) in [5, 5.41) is 0. The summed E-state index contributed by atoms with van der Waals surface area (Å²) in [5.74, 6) is 16.5. The van der Waals surface area contributed by atoms with E-state index in [2.05, 4.69) is 0 Å². The van der Waals surface area contributed by atoms with E-state index in [1.165, 1.54) is 13.8 Å². The van der Waals surface area contributed by atoms with E-state index in [-0.39, 0.29) is 0 Å². The molecule has 0 unspecified atom stereocenters. The molecule has 22 heavy (non-hydrogen) atoms. The van der Waals surface area contributed by atoms with E-state index in [4.69, 9.17) is 23.4 Å². The fourth-order valence-corrected chi connectivity index (χ4v) is 3.86. The SMILES string of the molecule is CC(SSC(C)(C(=O)NN)C(=O)NN)(C(=O)NN)C(=O)NN. The van der Waals surface area contributed by atoms with Crippen LogP contribution in [0.3, 0.4) is 0 Å². The zero-order chi connectivity index (χ0) is 17.6. The maximum absolute atomic E-state index is 11.8. The first kappa shape index (κ1) is 20.4. The van der Waals surface area contributed by atoms with Gasteiger partial charge in [0.1, 0.15) is 0 Å². The minimum Gasteiger partial charge on any atom is -0.293 e. The summed E-state index contributed by atoms with van der Waals surface area (Å²) < 4.78 is -3.64. The van der Waals surface area contributed by atoms with E-state index in [9.17, 15) is 19.2 Å². The van der Waals surface area contributed by atoms with Crippen LogP contribution in [0.1, 0.15) is 13.8 Å². The van der Waals surface area contributed by atoms with Gasteiger partial charge in [-0.1, -0.05) is 21.6 Å². The summed E-state index contributed by atoms with van der Waals surface area (Å²) in [5.41, 5.74) is 7.21. The molecule has 0 spiro atoms. The van der Waals surface area contributed by atoms with Crippen molar-refractivity contribution >= 4 is 45.2 Å². The van der Waals surface area contributed by atoms with Crippen molar-refractivity contribution in [2.75, 3.05) is 0 Å². The summed E-state index contributed by atoms with van der Waals surface area (Å²) in [6, 6.07) is 0. The van der Waals surface area contributed by atoms with Crippen molar-refractivity contribution < 1.29 is 19.2 Å². The van der Waals surface area contributed by atoms with Crippen LogP contribution in [-0.4, -0.2) is 33.1 Å². The Morgan fingerprint density at radius 1 is 0.636 bits per heavy atom. The Hall–Kier alpha value is -1.58. The largest absolute Gasteiger partial charge is 0.293 e. The molecular formula is C8H18N8O4S2. The molecule has 4 amide bonds. The van der Waals surface area contributed by atoms with Crippen LogP contribution < -0.4 is 45.1 Å². The number of carbonyl (C=O) groups excluding carboxylic acids is 4. The van der Waals surface area contributed by atoms with Crippen molar-refractivity contribution in [3.05, 3.63) is 0 Å². The molecule has 0 bridgehead atoms. The van der Waals surface area contributed by atoms with Crippen molar-refractivity contribution in [1.29, 1.82) is 0 Å². The zero-order valence-corrected chi connectivity index (χ0v) is 13.4. The van der Waals surface area contributed by atoms with Gasteiger partial charge in [0.15, 0.2) is 9.49 Å². The Labute approximate surface area is 133 Å². The number of amides is 4. The number of rotatable bonds is 7. The van der Waals surface area contributed by atoms with Crippen molar-refractivity contribution in [3.63, 3.8) is 0 Å². The highest BCUT2D eigenvalue weighted by atomic mass is 33.1. The molecule has 0 aliphatic heterocycles. The zero-order valence-electron chi connectivity index (χ0n) is 11.8. The van der Waals surface area contributed by atoms with Gasteiger partial charge in [0.25, 0.3) is 23.6 Å². The molecule has 0 fully saturated rings. The fraction of sp³-hybridized carbons (Fsp3) is 0.500. The highest BCUT2D eigenvalue weighted by Crippen LogP contribution is 2.44. The Balaban J connectivity index is 5.48. The van der Waals surface area contributed by atoms with Crippen LogP contribution in [0.2, 0.25) is 0 Å². The molecule has 0 atom stereocenters. The van der Waals surface area contributed by atoms with Crippen molar-refractivity contribution in [3.8, 4) is 0 Å². The van der Waals surface area contributed by atoms with Gasteiger partial charge < -0.3 is 0 Å². The van der Waals surface area contributed by atoms with E-state index in [1.54, 1.807) is 21.7 Å². The van der Waals surface area contributed by atoms with E-state index >= 15 is 0 Å². The maximum atomic E-state index is 11.8. The van der Waals surface area contributed by atoms with Gasteiger partial charge in [-0.2, -0.15) is 0 Å². The molecule has 0 heterocycles. The molecule has 0 aromatic carbocycles. The van der Waals surface area contributed by atoms with Gasteiger partial charge in [-0.15, -0.1) is 0 Å². The molecule has 0 aliphatic rings. The maximum Gasteiger partial charge on any atom is 0.260 e. The molecule has 14 heteroatoms. The second-order valence-corrected chi connectivity index (χ2v) is 7.09. The molecule has 0 radical (unpaired) electrons. The fourth-order valence-electron chi connectivity index (χ4n) is 1.08. The van der Waals surface area contributed by atoms with Crippen molar-refractivity contribution in [1.82, 2.24) is 21.7 Å². The summed E-state index contributed by atoms with van der Waals surface area (Å²) in [6.45, 7) is 2.41. The van der Waals surface area contributed by atoms with Crippen molar-refractivity contribution in [2.24, 2.45) is 23.4 Å². The molecule has 12 nitrogen and oxygen atoms in total. The smallest absolute Gasteiger partial charge is 0.260 e. The first-order valence-corrected chi connectivity index (χ1v) is 7.70. The standard InChI is InChI=1S/C8H18N8O4S2/c1-7(3(17)13-9,4(18)14-10)21-22-8(2,5(19)15-11)6(20)16-12/h9-12H2,1-2H3,(H,13,17)(H,14,18)(H,15,19)(H,16,20). The highest BCUT2D eigenvalue weighted by Gasteiger charge is 2.48. The van der Waals surface area contributed by atoms with Crippen molar-refractivity contribution in [2.45, 2.75) is 23.3 Å².